The molecule has 2 heterocycles. The van der Waals surface area contributed by atoms with Crippen LogP contribution in [0.1, 0.15) is 32.5 Å². The van der Waals surface area contributed by atoms with Crippen molar-refractivity contribution in [2.24, 2.45) is 0 Å². The third kappa shape index (κ3) is 3.82. The lowest BCUT2D eigenvalue weighted by Crippen LogP contribution is -2.46. The molecule has 124 valence electrons. The molecule has 6 nitrogen and oxygen atoms in total. The van der Waals surface area contributed by atoms with E-state index in [1.165, 1.54) is 0 Å². The van der Waals surface area contributed by atoms with Crippen LogP contribution in [0.3, 0.4) is 0 Å². The molecule has 0 unspecified atom stereocenters. The molecule has 1 N–H and O–H groups in total. The Morgan fingerprint density at radius 3 is 2.30 bits per heavy atom. The molecule has 0 spiro atoms. The molecule has 0 bridgehead atoms. The molecule has 2 aromatic rings. The minimum atomic E-state index is -0.108. The van der Waals surface area contributed by atoms with Gasteiger partial charge in [0.15, 0.2) is 5.82 Å². The van der Waals surface area contributed by atoms with E-state index in [-0.39, 0.29) is 5.41 Å². The number of aromatic nitrogens is 2. The van der Waals surface area contributed by atoms with E-state index in [0.29, 0.717) is 11.6 Å². The van der Waals surface area contributed by atoms with Gasteiger partial charge in [0, 0.05) is 37.3 Å². The third-order valence-electron chi connectivity index (χ3n) is 4.06. The number of piperazine rings is 1. The number of benzene rings is 1. The van der Waals surface area contributed by atoms with Gasteiger partial charge in [-0.2, -0.15) is 4.98 Å². The monoisotopic (exact) mass is 316 g/mol. The zero-order valence-corrected chi connectivity index (χ0v) is 14.0. The lowest BCUT2D eigenvalue weighted by atomic mass is 9.97. The van der Waals surface area contributed by atoms with Crippen LogP contribution >= 0.6 is 0 Å². The van der Waals surface area contributed by atoms with Crippen molar-refractivity contribution in [2.45, 2.75) is 32.7 Å². The number of rotatable bonds is 3. The SMILES string of the molecule is CC(C)(C)c1nc(CN2CCN(c3ccc(O)cc3)CC2)no1. The Labute approximate surface area is 136 Å². The zero-order valence-electron chi connectivity index (χ0n) is 14.0. The van der Waals surface area contributed by atoms with E-state index in [2.05, 4.69) is 40.7 Å². The highest BCUT2D eigenvalue weighted by Gasteiger charge is 2.23. The lowest BCUT2D eigenvalue weighted by Gasteiger charge is -2.35. The van der Waals surface area contributed by atoms with Gasteiger partial charge in [0.25, 0.3) is 0 Å². The fourth-order valence-electron chi connectivity index (χ4n) is 2.65. The van der Waals surface area contributed by atoms with Crippen LogP contribution in [-0.4, -0.2) is 46.3 Å². The van der Waals surface area contributed by atoms with Crippen molar-refractivity contribution in [3.05, 3.63) is 36.0 Å². The Hall–Kier alpha value is -2.08. The Bertz CT molecular complexity index is 637. The van der Waals surface area contributed by atoms with Gasteiger partial charge in [0.1, 0.15) is 5.75 Å². The average Bonchev–Trinajstić information content (AvgIpc) is 2.98. The van der Waals surface area contributed by atoms with E-state index < -0.39 is 0 Å². The normalized spacial score (nSPS) is 16.7. The molecule has 1 fully saturated rings. The van der Waals surface area contributed by atoms with Crippen LogP contribution < -0.4 is 4.90 Å². The summed E-state index contributed by atoms with van der Waals surface area (Å²) in [6.07, 6.45) is 0. The van der Waals surface area contributed by atoms with Crippen molar-refractivity contribution < 1.29 is 9.63 Å². The van der Waals surface area contributed by atoms with Crippen molar-refractivity contribution in [3.63, 3.8) is 0 Å². The Kier molecular flexibility index (Phi) is 4.26. The molecule has 1 aromatic carbocycles. The maximum atomic E-state index is 9.37. The van der Waals surface area contributed by atoms with Crippen LogP contribution in [0.15, 0.2) is 28.8 Å². The molecule has 1 saturated heterocycles. The van der Waals surface area contributed by atoms with Crippen molar-refractivity contribution >= 4 is 5.69 Å². The second kappa shape index (κ2) is 6.20. The molecule has 0 atom stereocenters. The molecule has 1 aliphatic heterocycles. The number of anilines is 1. The standard InChI is InChI=1S/C17H24N4O2/c1-17(2,3)16-18-15(19-23-16)12-20-8-10-21(11-9-20)13-4-6-14(22)7-5-13/h4-7,22H,8-12H2,1-3H3. The summed E-state index contributed by atoms with van der Waals surface area (Å²) >= 11 is 0. The largest absolute Gasteiger partial charge is 0.508 e. The molecule has 3 rings (SSSR count). The van der Waals surface area contributed by atoms with Crippen molar-refractivity contribution in [1.29, 1.82) is 0 Å². The smallest absolute Gasteiger partial charge is 0.232 e. The zero-order chi connectivity index (χ0) is 16.4. The fourth-order valence-corrected chi connectivity index (χ4v) is 2.65. The molecule has 0 saturated carbocycles. The summed E-state index contributed by atoms with van der Waals surface area (Å²) < 4.78 is 5.35. The topological polar surface area (TPSA) is 65.6 Å². The molecule has 6 heteroatoms. The van der Waals surface area contributed by atoms with E-state index in [9.17, 15) is 5.11 Å². The summed E-state index contributed by atoms with van der Waals surface area (Å²) in [5, 5.41) is 13.5. The maximum Gasteiger partial charge on any atom is 0.232 e. The second-order valence-corrected chi connectivity index (χ2v) is 7.05. The van der Waals surface area contributed by atoms with E-state index in [4.69, 9.17) is 4.52 Å². The van der Waals surface area contributed by atoms with Gasteiger partial charge < -0.3 is 14.5 Å². The van der Waals surface area contributed by atoms with Gasteiger partial charge in [0.05, 0.1) is 6.54 Å². The Balaban J connectivity index is 1.55. The number of phenols is 1. The molecule has 23 heavy (non-hydrogen) atoms. The molecular formula is C17H24N4O2. The second-order valence-electron chi connectivity index (χ2n) is 7.05. The van der Waals surface area contributed by atoms with Gasteiger partial charge in [-0.1, -0.05) is 25.9 Å². The number of nitrogens with zero attached hydrogens (tertiary/aromatic N) is 4. The summed E-state index contributed by atoms with van der Waals surface area (Å²) in [7, 11) is 0. The minimum absolute atomic E-state index is 0.108. The number of hydrogen-bond donors (Lipinski definition) is 1. The van der Waals surface area contributed by atoms with Gasteiger partial charge in [0.2, 0.25) is 5.89 Å². The van der Waals surface area contributed by atoms with Crippen LogP contribution in [0, 0.1) is 0 Å². The summed E-state index contributed by atoms with van der Waals surface area (Å²) in [5.41, 5.74) is 1.04. The number of hydrogen-bond acceptors (Lipinski definition) is 6. The predicted molar refractivity (Wildman–Crippen MR) is 88.6 cm³/mol. The molecule has 0 aliphatic carbocycles. The third-order valence-corrected chi connectivity index (χ3v) is 4.06. The van der Waals surface area contributed by atoms with Crippen LogP contribution in [0.5, 0.6) is 5.75 Å². The summed E-state index contributed by atoms with van der Waals surface area (Å²) in [6, 6.07) is 7.38. The summed E-state index contributed by atoms with van der Waals surface area (Å²) in [6.45, 7) is 10.8. The van der Waals surface area contributed by atoms with Crippen LogP contribution in [0.4, 0.5) is 5.69 Å². The van der Waals surface area contributed by atoms with E-state index >= 15 is 0 Å². The molecule has 1 aliphatic rings. The highest BCUT2D eigenvalue weighted by molar-refractivity contribution is 5.49. The first-order valence-corrected chi connectivity index (χ1v) is 8.01. The number of aromatic hydroxyl groups is 1. The van der Waals surface area contributed by atoms with Crippen LogP contribution in [-0.2, 0) is 12.0 Å². The summed E-state index contributed by atoms with van der Waals surface area (Å²) in [4.78, 5) is 9.17. The molecular weight excluding hydrogens is 292 g/mol. The summed E-state index contributed by atoms with van der Waals surface area (Å²) in [5.74, 6) is 1.75. The van der Waals surface area contributed by atoms with Gasteiger partial charge in [-0.3, -0.25) is 4.90 Å². The van der Waals surface area contributed by atoms with Gasteiger partial charge >= 0.3 is 0 Å². The van der Waals surface area contributed by atoms with Crippen molar-refractivity contribution in [2.75, 3.05) is 31.1 Å². The quantitative estimate of drug-likeness (QED) is 0.938. The molecule has 1 aromatic heterocycles. The molecule has 0 amide bonds. The van der Waals surface area contributed by atoms with Crippen molar-refractivity contribution in [3.8, 4) is 5.75 Å². The lowest BCUT2D eigenvalue weighted by molar-refractivity contribution is 0.239. The average molecular weight is 316 g/mol. The predicted octanol–water partition coefficient (Wildman–Crippen LogP) is 2.39. The Morgan fingerprint density at radius 2 is 1.74 bits per heavy atom. The first-order chi connectivity index (χ1) is 10.9. The first kappa shape index (κ1) is 15.8. The van der Waals surface area contributed by atoms with E-state index in [1.54, 1.807) is 12.1 Å². The van der Waals surface area contributed by atoms with Crippen LogP contribution in [0.2, 0.25) is 0 Å². The first-order valence-electron chi connectivity index (χ1n) is 8.01. The fraction of sp³-hybridized carbons (Fsp3) is 0.529. The highest BCUT2D eigenvalue weighted by atomic mass is 16.5. The van der Waals surface area contributed by atoms with E-state index in [0.717, 1.165) is 44.2 Å². The van der Waals surface area contributed by atoms with Gasteiger partial charge in [-0.05, 0) is 24.3 Å². The maximum absolute atomic E-state index is 9.37. The van der Waals surface area contributed by atoms with Crippen molar-refractivity contribution in [1.82, 2.24) is 15.0 Å². The Morgan fingerprint density at radius 1 is 1.09 bits per heavy atom. The molecule has 0 radical (unpaired) electrons. The van der Waals surface area contributed by atoms with Gasteiger partial charge in [-0.15, -0.1) is 0 Å². The van der Waals surface area contributed by atoms with Crippen LogP contribution in [0.25, 0.3) is 0 Å². The highest BCUT2D eigenvalue weighted by Crippen LogP contribution is 2.22. The number of phenolic OH excluding ortho intramolecular Hbond substituents is 1. The van der Waals surface area contributed by atoms with Gasteiger partial charge in [-0.25, -0.2) is 0 Å². The van der Waals surface area contributed by atoms with E-state index in [1.807, 2.05) is 12.1 Å². The minimum Gasteiger partial charge on any atom is -0.508 e.